The Morgan fingerprint density at radius 2 is 1.80 bits per heavy atom. The Hall–Kier alpha value is -1.40. The molecule has 0 atom stereocenters. The van der Waals surface area contributed by atoms with Crippen LogP contribution < -0.4 is 5.14 Å². The maximum absolute atomic E-state index is 12.7. The maximum atomic E-state index is 12.7. The number of hydrogen-bond acceptors (Lipinski definition) is 6. The maximum Gasteiger partial charge on any atom is 0.409 e. The first-order valence-corrected chi connectivity index (χ1v) is 10.7. The molecular formula is C13H18ClN3O6S2. The minimum absolute atomic E-state index is 0.0640. The minimum atomic E-state index is -4.16. The number of piperazine rings is 1. The third-order valence-electron chi connectivity index (χ3n) is 3.61. The Bertz CT molecular complexity index is 864. The van der Waals surface area contributed by atoms with Gasteiger partial charge in [0.05, 0.1) is 16.5 Å². The second-order valence-corrected chi connectivity index (χ2v) is 9.10. The molecule has 1 aromatic carbocycles. The summed E-state index contributed by atoms with van der Waals surface area (Å²) in [7, 11) is -8.10. The number of benzene rings is 1. The van der Waals surface area contributed by atoms with Crippen molar-refractivity contribution in [3.8, 4) is 0 Å². The molecule has 0 aliphatic carbocycles. The molecule has 0 saturated carbocycles. The van der Waals surface area contributed by atoms with E-state index in [-0.39, 0.29) is 42.7 Å². The number of carbonyl (C=O) groups excluding carboxylic acids is 1. The number of amides is 1. The van der Waals surface area contributed by atoms with Crippen molar-refractivity contribution >= 4 is 37.7 Å². The van der Waals surface area contributed by atoms with Gasteiger partial charge < -0.3 is 9.64 Å². The molecule has 0 spiro atoms. The highest BCUT2D eigenvalue weighted by Gasteiger charge is 2.31. The summed E-state index contributed by atoms with van der Waals surface area (Å²) >= 11 is 5.77. The number of carbonyl (C=O) groups is 1. The van der Waals surface area contributed by atoms with Crippen LogP contribution >= 0.6 is 11.6 Å². The smallest absolute Gasteiger partial charge is 0.409 e. The molecule has 1 amide bonds. The summed E-state index contributed by atoms with van der Waals surface area (Å²) in [4.78, 5) is 12.4. The molecule has 0 unspecified atom stereocenters. The number of halogens is 1. The van der Waals surface area contributed by atoms with Gasteiger partial charge in [0.15, 0.2) is 0 Å². The van der Waals surface area contributed by atoms with Gasteiger partial charge in [-0.1, -0.05) is 11.6 Å². The zero-order chi connectivity index (χ0) is 18.8. The molecule has 1 fully saturated rings. The molecule has 1 aromatic rings. The van der Waals surface area contributed by atoms with Crippen LogP contribution in [0.2, 0.25) is 5.02 Å². The zero-order valence-corrected chi connectivity index (χ0v) is 15.8. The van der Waals surface area contributed by atoms with E-state index in [9.17, 15) is 21.6 Å². The Labute approximate surface area is 151 Å². The van der Waals surface area contributed by atoms with Gasteiger partial charge in [-0.2, -0.15) is 4.31 Å². The van der Waals surface area contributed by atoms with E-state index in [1.807, 2.05) is 0 Å². The molecule has 2 rings (SSSR count). The van der Waals surface area contributed by atoms with Crippen LogP contribution in [0.1, 0.15) is 6.92 Å². The van der Waals surface area contributed by atoms with E-state index in [1.165, 1.54) is 21.3 Å². The number of nitrogens with two attached hydrogens (primary N) is 1. The van der Waals surface area contributed by atoms with Gasteiger partial charge in [-0.3, -0.25) is 0 Å². The number of ether oxygens (including phenoxy) is 1. The lowest BCUT2D eigenvalue weighted by Crippen LogP contribution is -2.50. The fourth-order valence-electron chi connectivity index (χ4n) is 2.34. The van der Waals surface area contributed by atoms with Gasteiger partial charge in [-0.05, 0) is 25.1 Å². The molecule has 1 aliphatic heterocycles. The summed E-state index contributed by atoms with van der Waals surface area (Å²) in [6, 6.07) is 3.32. The highest BCUT2D eigenvalue weighted by atomic mass is 35.5. The molecule has 2 N–H and O–H groups in total. The molecule has 0 bridgehead atoms. The van der Waals surface area contributed by atoms with Crippen molar-refractivity contribution < 1.29 is 26.4 Å². The predicted molar refractivity (Wildman–Crippen MR) is 90.2 cm³/mol. The summed E-state index contributed by atoms with van der Waals surface area (Å²) < 4.78 is 54.5. The van der Waals surface area contributed by atoms with E-state index in [1.54, 1.807) is 6.92 Å². The number of sulfonamides is 2. The van der Waals surface area contributed by atoms with Crippen LogP contribution in [0, 0.1) is 0 Å². The van der Waals surface area contributed by atoms with Crippen molar-refractivity contribution in [1.82, 2.24) is 9.21 Å². The van der Waals surface area contributed by atoms with E-state index < -0.39 is 31.0 Å². The normalized spacial score (nSPS) is 16.7. The van der Waals surface area contributed by atoms with E-state index in [2.05, 4.69) is 0 Å². The molecule has 1 aliphatic rings. The minimum Gasteiger partial charge on any atom is -0.450 e. The molecule has 12 heteroatoms. The van der Waals surface area contributed by atoms with Crippen LogP contribution in [-0.4, -0.2) is 64.9 Å². The molecule has 25 heavy (non-hydrogen) atoms. The van der Waals surface area contributed by atoms with Crippen molar-refractivity contribution in [3.63, 3.8) is 0 Å². The topological polar surface area (TPSA) is 127 Å². The number of primary sulfonamides is 1. The number of rotatable bonds is 4. The van der Waals surface area contributed by atoms with Gasteiger partial charge in [0.1, 0.15) is 4.90 Å². The van der Waals surface area contributed by atoms with Crippen LogP contribution in [0.4, 0.5) is 4.79 Å². The lowest BCUT2D eigenvalue weighted by molar-refractivity contribution is 0.0934. The second kappa shape index (κ2) is 7.46. The highest BCUT2D eigenvalue weighted by molar-refractivity contribution is 7.90. The van der Waals surface area contributed by atoms with Gasteiger partial charge in [0, 0.05) is 26.2 Å². The Balaban J connectivity index is 2.22. The SMILES string of the molecule is CCOC(=O)N1CCN(S(=O)(=O)c2ccc(Cl)c(S(N)(=O)=O)c2)CC1. The standard InChI is InChI=1S/C13H18ClN3O6S2/c1-2-23-13(18)16-5-7-17(8-6-16)25(21,22)10-3-4-11(14)12(9-10)24(15,19)20/h3-4,9H,2,5-8H2,1H3,(H2,15,19,20). The molecule has 0 radical (unpaired) electrons. The third-order valence-corrected chi connectivity index (χ3v) is 6.90. The summed E-state index contributed by atoms with van der Waals surface area (Å²) in [6.07, 6.45) is -0.498. The highest BCUT2D eigenvalue weighted by Crippen LogP contribution is 2.26. The van der Waals surface area contributed by atoms with Crippen LogP contribution in [0.25, 0.3) is 0 Å². The average Bonchev–Trinajstić information content (AvgIpc) is 2.54. The average molecular weight is 412 g/mol. The first-order chi connectivity index (χ1) is 11.6. The van der Waals surface area contributed by atoms with Crippen LogP contribution in [0.3, 0.4) is 0 Å². The third kappa shape index (κ3) is 4.42. The van der Waals surface area contributed by atoms with E-state index >= 15 is 0 Å². The van der Waals surface area contributed by atoms with Gasteiger partial charge in [0.25, 0.3) is 0 Å². The van der Waals surface area contributed by atoms with Crippen molar-refractivity contribution in [1.29, 1.82) is 0 Å². The van der Waals surface area contributed by atoms with E-state index in [4.69, 9.17) is 21.5 Å². The molecule has 0 aromatic heterocycles. The van der Waals surface area contributed by atoms with Crippen LogP contribution in [-0.2, 0) is 24.8 Å². The molecular weight excluding hydrogens is 394 g/mol. The van der Waals surface area contributed by atoms with Gasteiger partial charge in [0.2, 0.25) is 20.0 Å². The van der Waals surface area contributed by atoms with E-state index in [0.717, 1.165) is 6.07 Å². The summed E-state index contributed by atoms with van der Waals surface area (Å²) in [5.74, 6) is 0. The van der Waals surface area contributed by atoms with Crippen molar-refractivity contribution in [3.05, 3.63) is 23.2 Å². The monoisotopic (exact) mass is 411 g/mol. The molecule has 9 nitrogen and oxygen atoms in total. The van der Waals surface area contributed by atoms with Gasteiger partial charge in [-0.25, -0.2) is 26.8 Å². The Kier molecular flexibility index (Phi) is 5.94. The summed E-state index contributed by atoms with van der Waals surface area (Å²) in [5, 5.41) is 4.89. The second-order valence-electron chi connectivity index (χ2n) is 5.23. The first-order valence-electron chi connectivity index (χ1n) is 7.31. The number of hydrogen-bond donors (Lipinski definition) is 1. The molecule has 1 heterocycles. The lowest BCUT2D eigenvalue weighted by atomic mass is 10.4. The Morgan fingerprint density at radius 1 is 1.20 bits per heavy atom. The van der Waals surface area contributed by atoms with Crippen molar-refractivity contribution in [2.24, 2.45) is 5.14 Å². The first kappa shape index (κ1) is 19.9. The largest absolute Gasteiger partial charge is 0.450 e. The quantitative estimate of drug-likeness (QED) is 0.766. The molecule has 1 saturated heterocycles. The Morgan fingerprint density at radius 3 is 2.32 bits per heavy atom. The summed E-state index contributed by atoms with van der Waals surface area (Å²) in [6.45, 7) is 2.39. The zero-order valence-electron chi connectivity index (χ0n) is 13.4. The van der Waals surface area contributed by atoms with Crippen molar-refractivity contribution in [2.45, 2.75) is 16.7 Å². The lowest BCUT2D eigenvalue weighted by Gasteiger charge is -2.33. The fraction of sp³-hybridized carbons (Fsp3) is 0.462. The van der Waals surface area contributed by atoms with Crippen LogP contribution in [0.15, 0.2) is 28.0 Å². The molecule has 140 valence electrons. The predicted octanol–water partition coefficient (Wildman–Crippen LogP) is 0.450. The fourth-order valence-corrected chi connectivity index (χ4v) is 4.93. The summed E-state index contributed by atoms with van der Waals surface area (Å²) in [5.41, 5.74) is 0. The van der Waals surface area contributed by atoms with E-state index in [0.29, 0.717) is 0 Å². The van der Waals surface area contributed by atoms with Crippen molar-refractivity contribution in [2.75, 3.05) is 32.8 Å². The van der Waals surface area contributed by atoms with Gasteiger partial charge >= 0.3 is 6.09 Å². The van der Waals surface area contributed by atoms with Gasteiger partial charge in [-0.15, -0.1) is 0 Å². The van der Waals surface area contributed by atoms with Crippen LogP contribution in [0.5, 0.6) is 0 Å². The number of nitrogens with zero attached hydrogens (tertiary/aromatic N) is 2.